The van der Waals surface area contributed by atoms with E-state index in [4.69, 9.17) is 5.73 Å². The van der Waals surface area contributed by atoms with Gasteiger partial charge in [-0.15, -0.1) is 0 Å². The van der Waals surface area contributed by atoms with Gasteiger partial charge >= 0.3 is 5.97 Å². The Morgan fingerprint density at radius 2 is 2.38 bits per heavy atom. The van der Waals surface area contributed by atoms with Gasteiger partial charge in [-0.1, -0.05) is 0 Å². The minimum atomic E-state index is -0.737. The Labute approximate surface area is 76.5 Å². The summed E-state index contributed by atoms with van der Waals surface area (Å²) < 4.78 is 6.15. The fourth-order valence-electron chi connectivity index (χ4n) is 1.18. The molecule has 0 saturated heterocycles. The van der Waals surface area contributed by atoms with Crippen LogP contribution in [0.2, 0.25) is 0 Å². The van der Waals surface area contributed by atoms with Crippen molar-refractivity contribution in [2.75, 3.05) is 7.11 Å². The summed E-state index contributed by atoms with van der Waals surface area (Å²) in [7, 11) is 3.09. The maximum Gasteiger partial charge on any atom is 0.327 e. The number of aryl methyl sites for hydroxylation is 2. The standard InChI is InChI=1S/C8H13N3O2/c1-5-6(4-11(2)10-5)7(9)8(12)13-3/h4,7H,9H2,1-3H3. The van der Waals surface area contributed by atoms with E-state index in [2.05, 4.69) is 9.84 Å². The molecule has 13 heavy (non-hydrogen) atoms. The zero-order valence-corrected chi connectivity index (χ0v) is 7.94. The number of methoxy groups -OCH3 is 1. The summed E-state index contributed by atoms with van der Waals surface area (Å²) >= 11 is 0. The van der Waals surface area contributed by atoms with E-state index in [0.29, 0.717) is 5.56 Å². The number of hydrogen-bond acceptors (Lipinski definition) is 4. The van der Waals surface area contributed by atoms with E-state index in [9.17, 15) is 4.79 Å². The first-order valence-electron chi connectivity index (χ1n) is 3.89. The van der Waals surface area contributed by atoms with Crippen LogP contribution in [0.5, 0.6) is 0 Å². The highest BCUT2D eigenvalue weighted by Gasteiger charge is 2.20. The summed E-state index contributed by atoms with van der Waals surface area (Å²) in [5, 5.41) is 4.08. The van der Waals surface area contributed by atoms with Crippen molar-refractivity contribution in [3.05, 3.63) is 17.5 Å². The van der Waals surface area contributed by atoms with Gasteiger partial charge in [0.1, 0.15) is 6.04 Å². The minimum absolute atomic E-state index is 0.448. The lowest BCUT2D eigenvalue weighted by molar-refractivity contribution is -0.142. The minimum Gasteiger partial charge on any atom is -0.468 e. The summed E-state index contributed by atoms with van der Waals surface area (Å²) in [6.07, 6.45) is 1.72. The maximum absolute atomic E-state index is 11.1. The van der Waals surface area contributed by atoms with Crippen LogP contribution >= 0.6 is 0 Å². The van der Waals surface area contributed by atoms with Crippen LogP contribution < -0.4 is 5.73 Å². The normalized spacial score (nSPS) is 12.6. The third-order valence-corrected chi connectivity index (χ3v) is 1.84. The fourth-order valence-corrected chi connectivity index (χ4v) is 1.18. The van der Waals surface area contributed by atoms with Crippen molar-refractivity contribution in [3.8, 4) is 0 Å². The number of carbonyl (C=O) groups excluding carboxylic acids is 1. The Morgan fingerprint density at radius 3 is 2.77 bits per heavy atom. The molecule has 0 saturated carbocycles. The molecule has 0 aliphatic rings. The number of carbonyl (C=O) groups is 1. The Bertz CT molecular complexity index is 319. The molecule has 0 aromatic carbocycles. The van der Waals surface area contributed by atoms with Crippen LogP contribution in [0.4, 0.5) is 0 Å². The largest absolute Gasteiger partial charge is 0.468 e. The van der Waals surface area contributed by atoms with E-state index in [1.54, 1.807) is 24.9 Å². The molecule has 0 aliphatic carbocycles. The molecule has 1 unspecified atom stereocenters. The van der Waals surface area contributed by atoms with Crippen molar-refractivity contribution < 1.29 is 9.53 Å². The van der Waals surface area contributed by atoms with Crippen LogP contribution in [-0.4, -0.2) is 22.9 Å². The van der Waals surface area contributed by atoms with Crippen LogP contribution in [0.3, 0.4) is 0 Å². The average molecular weight is 183 g/mol. The van der Waals surface area contributed by atoms with E-state index < -0.39 is 12.0 Å². The smallest absolute Gasteiger partial charge is 0.327 e. The molecular weight excluding hydrogens is 170 g/mol. The molecular formula is C8H13N3O2. The highest BCUT2D eigenvalue weighted by atomic mass is 16.5. The lowest BCUT2D eigenvalue weighted by Gasteiger charge is -2.06. The van der Waals surface area contributed by atoms with Gasteiger partial charge in [0.2, 0.25) is 0 Å². The molecule has 5 heteroatoms. The third-order valence-electron chi connectivity index (χ3n) is 1.84. The summed E-state index contributed by atoms with van der Waals surface area (Å²) in [5.74, 6) is -0.448. The van der Waals surface area contributed by atoms with Gasteiger partial charge in [0.25, 0.3) is 0 Å². The number of nitrogens with zero attached hydrogens (tertiary/aromatic N) is 2. The van der Waals surface area contributed by atoms with Crippen molar-refractivity contribution in [1.29, 1.82) is 0 Å². The third kappa shape index (κ3) is 1.86. The topological polar surface area (TPSA) is 70.1 Å². The quantitative estimate of drug-likeness (QED) is 0.650. The predicted molar refractivity (Wildman–Crippen MR) is 46.9 cm³/mol. The Balaban J connectivity index is 2.94. The van der Waals surface area contributed by atoms with Crippen LogP contribution in [0.1, 0.15) is 17.3 Å². The van der Waals surface area contributed by atoms with E-state index >= 15 is 0 Å². The molecule has 0 bridgehead atoms. The van der Waals surface area contributed by atoms with E-state index in [1.807, 2.05) is 0 Å². The number of hydrogen-bond donors (Lipinski definition) is 1. The molecule has 1 aromatic rings. The fraction of sp³-hybridized carbons (Fsp3) is 0.500. The number of aromatic nitrogens is 2. The molecule has 1 atom stereocenters. The Hall–Kier alpha value is -1.36. The monoisotopic (exact) mass is 183 g/mol. The molecule has 1 heterocycles. The molecule has 1 rings (SSSR count). The molecule has 5 nitrogen and oxygen atoms in total. The van der Waals surface area contributed by atoms with Gasteiger partial charge in [-0.3, -0.25) is 9.48 Å². The van der Waals surface area contributed by atoms with Crippen LogP contribution in [0.25, 0.3) is 0 Å². The van der Waals surface area contributed by atoms with Crippen molar-refractivity contribution in [2.24, 2.45) is 12.8 Å². The van der Waals surface area contributed by atoms with Crippen LogP contribution in [0.15, 0.2) is 6.20 Å². The van der Waals surface area contributed by atoms with Gasteiger partial charge < -0.3 is 10.5 Å². The predicted octanol–water partition coefficient (Wildman–Crippen LogP) is -0.0987. The van der Waals surface area contributed by atoms with E-state index in [-0.39, 0.29) is 0 Å². The highest BCUT2D eigenvalue weighted by Crippen LogP contribution is 2.14. The van der Waals surface area contributed by atoms with Crippen molar-refractivity contribution in [3.63, 3.8) is 0 Å². The summed E-state index contributed by atoms with van der Waals surface area (Å²) in [6, 6.07) is -0.737. The molecule has 1 aromatic heterocycles. The Kier molecular flexibility index (Phi) is 2.67. The van der Waals surface area contributed by atoms with Crippen molar-refractivity contribution in [2.45, 2.75) is 13.0 Å². The second-order valence-electron chi connectivity index (χ2n) is 2.84. The van der Waals surface area contributed by atoms with Gasteiger partial charge in [-0.2, -0.15) is 5.10 Å². The molecule has 0 fully saturated rings. The summed E-state index contributed by atoms with van der Waals surface area (Å²) in [4.78, 5) is 11.1. The van der Waals surface area contributed by atoms with Crippen molar-refractivity contribution in [1.82, 2.24) is 9.78 Å². The lowest BCUT2D eigenvalue weighted by Crippen LogP contribution is -2.22. The first-order chi connectivity index (χ1) is 6.06. The van der Waals surface area contributed by atoms with Gasteiger partial charge in [0.05, 0.1) is 12.8 Å². The summed E-state index contributed by atoms with van der Waals surface area (Å²) in [6.45, 7) is 1.80. The van der Waals surface area contributed by atoms with Gasteiger partial charge in [0.15, 0.2) is 0 Å². The number of rotatable bonds is 2. The zero-order chi connectivity index (χ0) is 10.0. The van der Waals surface area contributed by atoms with Crippen molar-refractivity contribution >= 4 is 5.97 Å². The highest BCUT2D eigenvalue weighted by molar-refractivity contribution is 5.77. The molecule has 0 aliphatic heterocycles. The first kappa shape index (κ1) is 9.73. The maximum atomic E-state index is 11.1. The van der Waals surface area contributed by atoms with E-state index in [0.717, 1.165) is 5.69 Å². The van der Waals surface area contributed by atoms with Gasteiger partial charge in [-0.05, 0) is 6.92 Å². The molecule has 0 spiro atoms. The SMILES string of the molecule is COC(=O)C(N)c1cn(C)nc1C. The second kappa shape index (κ2) is 3.57. The van der Waals surface area contributed by atoms with Crippen LogP contribution in [-0.2, 0) is 16.6 Å². The average Bonchev–Trinajstić information content (AvgIpc) is 2.42. The van der Waals surface area contributed by atoms with Gasteiger partial charge in [0, 0.05) is 18.8 Å². The second-order valence-corrected chi connectivity index (χ2v) is 2.84. The lowest BCUT2D eigenvalue weighted by atomic mass is 10.1. The number of esters is 1. The van der Waals surface area contributed by atoms with E-state index in [1.165, 1.54) is 7.11 Å². The van der Waals surface area contributed by atoms with Crippen LogP contribution in [0, 0.1) is 6.92 Å². The molecule has 72 valence electrons. The zero-order valence-electron chi connectivity index (χ0n) is 7.94. The molecule has 2 N–H and O–H groups in total. The first-order valence-corrected chi connectivity index (χ1v) is 3.89. The number of ether oxygens (including phenoxy) is 1. The molecule has 0 amide bonds. The van der Waals surface area contributed by atoms with Gasteiger partial charge in [-0.25, -0.2) is 0 Å². The molecule has 0 radical (unpaired) electrons. The summed E-state index contributed by atoms with van der Waals surface area (Å²) in [5.41, 5.74) is 7.09. The Morgan fingerprint density at radius 1 is 1.77 bits per heavy atom. The number of nitrogens with two attached hydrogens (primary N) is 1.